The van der Waals surface area contributed by atoms with Gasteiger partial charge >= 0.3 is 5.97 Å². The van der Waals surface area contributed by atoms with Gasteiger partial charge in [0.25, 0.3) is 0 Å². The summed E-state index contributed by atoms with van der Waals surface area (Å²) in [5.74, 6) is -0.0766. The molecule has 1 unspecified atom stereocenters. The summed E-state index contributed by atoms with van der Waals surface area (Å²) in [5.41, 5.74) is 2.39. The van der Waals surface area contributed by atoms with Gasteiger partial charge in [-0.15, -0.1) is 11.6 Å². The maximum atomic E-state index is 10.5. The Hall–Kier alpha value is -1.02. The monoisotopic (exact) mass is 238 g/mol. The summed E-state index contributed by atoms with van der Waals surface area (Å²) in [4.78, 5) is 10.5. The number of hydrogen-bond acceptors (Lipinski definition) is 1. The van der Waals surface area contributed by atoms with Crippen molar-refractivity contribution in [2.45, 2.75) is 37.0 Å². The lowest BCUT2D eigenvalue weighted by Crippen LogP contribution is -1.98. The number of halogens is 1. The van der Waals surface area contributed by atoms with Crippen LogP contribution in [0, 0.1) is 0 Å². The number of carbonyl (C=O) groups is 1. The predicted molar refractivity (Wildman–Crippen MR) is 63.9 cm³/mol. The molecule has 0 radical (unpaired) electrons. The zero-order chi connectivity index (χ0) is 11.5. The van der Waals surface area contributed by atoms with Gasteiger partial charge in [0.2, 0.25) is 0 Å². The lowest BCUT2D eigenvalue weighted by atomic mass is 10.0. The highest BCUT2D eigenvalue weighted by Gasteiger charge is 2.24. The van der Waals surface area contributed by atoms with Gasteiger partial charge in [-0.3, -0.25) is 4.79 Å². The number of carboxylic acids is 1. The minimum absolute atomic E-state index is 0.127. The fourth-order valence-corrected chi connectivity index (χ4v) is 2.09. The Bertz CT molecular complexity index is 385. The second kappa shape index (κ2) is 4.88. The fraction of sp³-hybridized carbons (Fsp3) is 0.462. The van der Waals surface area contributed by atoms with Crippen molar-refractivity contribution in [1.82, 2.24) is 0 Å². The molecule has 1 N–H and O–H groups in total. The van der Waals surface area contributed by atoms with Crippen molar-refractivity contribution in [3.8, 4) is 0 Å². The van der Waals surface area contributed by atoms with Gasteiger partial charge in [0, 0.05) is 6.42 Å². The van der Waals surface area contributed by atoms with Gasteiger partial charge in [-0.25, -0.2) is 0 Å². The van der Waals surface area contributed by atoms with Crippen LogP contribution in [0.15, 0.2) is 24.3 Å². The molecule has 1 saturated carbocycles. The molecule has 0 saturated heterocycles. The van der Waals surface area contributed by atoms with E-state index < -0.39 is 5.97 Å². The maximum absolute atomic E-state index is 10.5. The Morgan fingerprint density at radius 3 is 2.88 bits per heavy atom. The molecular formula is C13H15ClO2. The highest BCUT2D eigenvalue weighted by Crippen LogP contribution is 2.41. The molecule has 0 aromatic heterocycles. The van der Waals surface area contributed by atoms with Crippen LogP contribution >= 0.6 is 11.6 Å². The van der Waals surface area contributed by atoms with Gasteiger partial charge in [-0.05, 0) is 36.3 Å². The lowest BCUT2D eigenvalue weighted by molar-refractivity contribution is -0.137. The Labute approximate surface area is 100 Å². The van der Waals surface area contributed by atoms with E-state index in [2.05, 4.69) is 12.1 Å². The van der Waals surface area contributed by atoms with E-state index in [0.29, 0.717) is 12.3 Å². The molecule has 1 atom stereocenters. The van der Waals surface area contributed by atoms with Crippen LogP contribution in [-0.4, -0.2) is 11.1 Å². The molecule has 2 nitrogen and oxygen atoms in total. The Kier molecular flexibility index (Phi) is 3.49. The van der Waals surface area contributed by atoms with E-state index in [1.54, 1.807) is 0 Å². The minimum atomic E-state index is -0.788. The number of benzene rings is 1. The van der Waals surface area contributed by atoms with Crippen molar-refractivity contribution >= 4 is 17.6 Å². The highest BCUT2D eigenvalue weighted by molar-refractivity contribution is 6.20. The molecule has 0 heterocycles. The fourth-order valence-electron chi connectivity index (χ4n) is 1.84. The molecule has 1 aliphatic carbocycles. The van der Waals surface area contributed by atoms with Gasteiger partial charge in [-0.2, -0.15) is 0 Å². The van der Waals surface area contributed by atoms with E-state index >= 15 is 0 Å². The normalized spacial score (nSPS) is 17.1. The number of hydrogen-bond donors (Lipinski definition) is 1. The summed E-state index contributed by atoms with van der Waals surface area (Å²) in [6, 6.07) is 8.24. The van der Waals surface area contributed by atoms with Crippen molar-refractivity contribution in [1.29, 1.82) is 0 Å². The van der Waals surface area contributed by atoms with Crippen LogP contribution in [0.2, 0.25) is 0 Å². The van der Waals surface area contributed by atoms with E-state index in [-0.39, 0.29) is 11.8 Å². The summed E-state index contributed by atoms with van der Waals surface area (Å²) in [7, 11) is 0. The number of carboxylic acid groups (broad SMARTS) is 1. The molecule has 0 aliphatic heterocycles. The second-order valence-corrected chi connectivity index (χ2v) is 4.87. The topological polar surface area (TPSA) is 37.3 Å². The molecule has 3 heteroatoms. The molecule has 86 valence electrons. The van der Waals surface area contributed by atoms with Crippen molar-refractivity contribution in [3.63, 3.8) is 0 Å². The van der Waals surface area contributed by atoms with Crippen molar-refractivity contribution in [2.24, 2.45) is 0 Å². The zero-order valence-corrected chi connectivity index (χ0v) is 9.78. The third-order valence-electron chi connectivity index (χ3n) is 2.93. The Balaban J connectivity index is 2.01. The van der Waals surface area contributed by atoms with Crippen LogP contribution in [0.3, 0.4) is 0 Å². The van der Waals surface area contributed by atoms with E-state index in [0.717, 1.165) is 5.56 Å². The molecule has 1 fully saturated rings. The first-order chi connectivity index (χ1) is 7.66. The SMILES string of the molecule is O=C(O)CCC(Cl)c1cccc(C2CC2)c1. The predicted octanol–water partition coefficient (Wildman–Crippen LogP) is 3.71. The van der Waals surface area contributed by atoms with Gasteiger partial charge in [-0.1, -0.05) is 24.3 Å². The Morgan fingerprint density at radius 1 is 1.50 bits per heavy atom. The number of aliphatic carboxylic acids is 1. The van der Waals surface area contributed by atoms with Crippen LogP contribution in [0.1, 0.15) is 48.1 Å². The molecule has 0 spiro atoms. The molecule has 1 aliphatic rings. The van der Waals surface area contributed by atoms with E-state index in [1.165, 1.54) is 18.4 Å². The molecule has 1 aromatic rings. The number of alkyl halides is 1. The third-order valence-corrected chi connectivity index (χ3v) is 3.40. The summed E-state index contributed by atoms with van der Waals surface area (Å²) >= 11 is 6.18. The van der Waals surface area contributed by atoms with Crippen molar-refractivity contribution < 1.29 is 9.90 Å². The molecule has 2 rings (SSSR count). The average molecular weight is 239 g/mol. The summed E-state index contributed by atoms with van der Waals surface area (Å²) < 4.78 is 0. The first-order valence-corrected chi connectivity index (χ1v) is 6.06. The lowest BCUT2D eigenvalue weighted by Gasteiger charge is -2.09. The van der Waals surface area contributed by atoms with E-state index in [9.17, 15) is 4.79 Å². The van der Waals surface area contributed by atoms with Gasteiger partial charge in [0.1, 0.15) is 0 Å². The first kappa shape index (κ1) is 11.5. The highest BCUT2D eigenvalue weighted by atomic mass is 35.5. The van der Waals surface area contributed by atoms with Gasteiger partial charge in [0.15, 0.2) is 0 Å². The third kappa shape index (κ3) is 2.99. The van der Waals surface area contributed by atoms with Crippen LogP contribution in [0.25, 0.3) is 0 Å². The van der Waals surface area contributed by atoms with Crippen molar-refractivity contribution in [2.75, 3.05) is 0 Å². The number of rotatable bonds is 5. The van der Waals surface area contributed by atoms with Crippen molar-refractivity contribution in [3.05, 3.63) is 35.4 Å². The standard InChI is InChI=1S/C13H15ClO2/c14-12(6-7-13(15)16)11-3-1-2-10(8-11)9-4-5-9/h1-3,8-9,12H,4-7H2,(H,15,16). The minimum Gasteiger partial charge on any atom is -0.481 e. The summed E-state index contributed by atoms with van der Waals surface area (Å²) in [6.07, 6.45) is 3.16. The molecular weight excluding hydrogens is 224 g/mol. The van der Waals surface area contributed by atoms with Gasteiger partial charge in [0.05, 0.1) is 5.38 Å². The second-order valence-electron chi connectivity index (χ2n) is 4.34. The van der Waals surface area contributed by atoms with Crippen LogP contribution in [-0.2, 0) is 4.79 Å². The molecule has 16 heavy (non-hydrogen) atoms. The summed E-state index contributed by atoms with van der Waals surface area (Å²) in [5, 5.41) is 8.42. The van der Waals surface area contributed by atoms with E-state index in [4.69, 9.17) is 16.7 Å². The van der Waals surface area contributed by atoms with Crippen LogP contribution in [0.4, 0.5) is 0 Å². The van der Waals surface area contributed by atoms with Gasteiger partial charge < -0.3 is 5.11 Å². The molecule has 0 bridgehead atoms. The quantitative estimate of drug-likeness (QED) is 0.794. The smallest absolute Gasteiger partial charge is 0.303 e. The first-order valence-electron chi connectivity index (χ1n) is 5.62. The average Bonchev–Trinajstić information content (AvgIpc) is 3.10. The van der Waals surface area contributed by atoms with Crippen LogP contribution < -0.4 is 0 Å². The largest absolute Gasteiger partial charge is 0.481 e. The Morgan fingerprint density at radius 2 is 2.25 bits per heavy atom. The summed E-state index contributed by atoms with van der Waals surface area (Å²) in [6.45, 7) is 0. The molecule has 1 aromatic carbocycles. The maximum Gasteiger partial charge on any atom is 0.303 e. The molecule has 0 amide bonds. The van der Waals surface area contributed by atoms with Crippen LogP contribution in [0.5, 0.6) is 0 Å². The zero-order valence-electron chi connectivity index (χ0n) is 9.03. The van der Waals surface area contributed by atoms with E-state index in [1.807, 2.05) is 12.1 Å².